The number of ether oxygens (including phenoxy) is 1. The molecule has 9 nitrogen and oxygen atoms in total. The van der Waals surface area contributed by atoms with E-state index in [1.807, 2.05) is 62.4 Å². The molecule has 2 atom stereocenters. The van der Waals surface area contributed by atoms with Crippen LogP contribution in [0.4, 0.5) is 4.79 Å². The van der Waals surface area contributed by atoms with Crippen LogP contribution in [0.3, 0.4) is 0 Å². The Balaban J connectivity index is 0.00000172. The molecule has 0 aliphatic heterocycles. The van der Waals surface area contributed by atoms with Gasteiger partial charge in [0, 0.05) is 6.42 Å². The van der Waals surface area contributed by atoms with Crippen LogP contribution in [0.15, 0.2) is 60.7 Å². The van der Waals surface area contributed by atoms with Crippen LogP contribution in [0, 0.1) is 5.92 Å². The molecule has 2 aromatic carbocycles. The SMILES string of the molecule is CC(C)C[C@H](NC(=O)OCc1ccccc1)C(=O)N[C@@H](Cc1ccccc1)C(=O)O.O=C=O. The molecule has 0 spiro atoms. The molecule has 0 bridgehead atoms. The van der Waals surface area contributed by atoms with Crippen molar-refractivity contribution in [3.63, 3.8) is 0 Å². The zero-order chi connectivity index (χ0) is 24.6. The van der Waals surface area contributed by atoms with Crippen molar-refractivity contribution in [1.29, 1.82) is 0 Å². The van der Waals surface area contributed by atoms with Crippen LogP contribution < -0.4 is 10.6 Å². The number of alkyl carbamates (subject to hydrolysis) is 1. The molecule has 2 aromatic rings. The molecule has 0 saturated carbocycles. The Morgan fingerprint density at radius 1 is 0.879 bits per heavy atom. The summed E-state index contributed by atoms with van der Waals surface area (Å²) < 4.78 is 5.19. The van der Waals surface area contributed by atoms with Gasteiger partial charge in [-0.15, -0.1) is 0 Å². The minimum atomic E-state index is -1.14. The van der Waals surface area contributed by atoms with Gasteiger partial charge in [0.25, 0.3) is 0 Å². The summed E-state index contributed by atoms with van der Waals surface area (Å²) in [6.07, 6.45) is 0.0215. The standard InChI is InChI=1S/C23H28N2O5.CO2/c1-16(2)13-19(25-23(29)30-15-18-11-7-4-8-12-18)21(26)24-20(22(27)28)14-17-9-5-3-6-10-17;2-1-3/h3-12,16,19-20H,13-15H2,1-2H3,(H,24,26)(H,25,29)(H,27,28);/t19-,20-;/m0./s1. The summed E-state index contributed by atoms with van der Waals surface area (Å²) in [5.41, 5.74) is 1.62. The highest BCUT2D eigenvalue weighted by molar-refractivity contribution is 5.89. The fraction of sp³-hybridized carbons (Fsp3) is 0.333. The Kier molecular flexibility index (Phi) is 12.2. The molecule has 0 unspecified atom stereocenters. The number of nitrogens with one attached hydrogen (secondary N) is 2. The molecule has 0 radical (unpaired) electrons. The lowest BCUT2D eigenvalue weighted by Gasteiger charge is -2.22. The van der Waals surface area contributed by atoms with Crippen molar-refractivity contribution in [2.75, 3.05) is 0 Å². The van der Waals surface area contributed by atoms with Crippen molar-refractivity contribution < 1.29 is 33.8 Å². The third-order valence-corrected chi connectivity index (χ3v) is 4.43. The van der Waals surface area contributed by atoms with Gasteiger partial charge >= 0.3 is 18.2 Å². The lowest BCUT2D eigenvalue weighted by molar-refractivity contribution is -0.191. The number of carbonyl (C=O) groups is 3. The minimum absolute atomic E-state index is 0.0778. The third-order valence-electron chi connectivity index (χ3n) is 4.43. The first-order chi connectivity index (χ1) is 15.8. The highest BCUT2D eigenvalue weighted by Gasteiger charge is 2.27. The highest BCUT2D eigenvalue weighted by Crippen LogP contribution is 2.09. The first kappa shape index (κ1) is 27.1. The summed E-state index contributed by atoms with van der Waals surface area (Å²) in [6.45, 7) is 3.90. The Morgan fingerprint density at radius 2 is 1.39 bits per heavy atom. The quantitative estimate of drug-likeness (QED) is 0.499. The van der Waals surface area contributed by atoms with Crippen LogP contribution >= 0.6 is 0 Å². The summed E-state index contributed by atoms with van der Waals surface area (Å²) in [7, 11) is 0. The molecular formula is C24H28N2O7. The van der Waals surface area contributed by atoms with E-state index >= 15 is 0 Å². The van der Waals surface area contributed by atoms with Gasteiger partial charge in [0.15, 0.2) is 0 Å². The second-order valence-electron chi connectivity index (χ2n) is 7.56. The lowest BCUT2D eigenvalue weighted by Crippen LogP contribution is -2.52. The topological polar surface area (TPSA) is 139 Å². The maximum atomic E-state index is 12.7. The molecule has 0 aliphatic rings. The molecule has 3 N–H and O–H groups in total. The third kappa shape index (κ3) is 11.3. The van der Waals surface area contributed by atoms with Gasteiger partial charge in [0.2, 0.25) is 5.91 Å². The molecule has 9 heteroatoms. The van der Waals surface area contributed by atoms with Gasteiger partial charge in [0.05, 0.1) is 0 Å². The molecule has 0 fully saturated rings. The molecule has 0 saturated heterocycles. The molecule has 0 heterocycles. The largest absolute Gasteiger partial charge is 0.480 e. The summed E-state index contributed by atoms with van der Waals surface area (Å²) in [5.74, 6) is -1.58. The molecule has 0 aliphatic carbocycles. The van der Waals surface area contributed by atoms with Gasteiger partial charge in [-0.2, -0.15) is 9.59 Å². The Morgan fingerprint density at radius 3 is 1.88 bits per heavy atom. The van der Waals surface area contributed by atoms with Gasteiger partial charge in [-0.05, 0) is 23.5 Å². The van der Waals surface area contributed by atoms with Gasteiger partial charge < -0.3 is 20.5 Å². The smallest absolute Gasteiger partial charge is 0.408 e. The fourth-order valence-electron chi connectivity index (χ4n) is 2.93. The van der Waals surface area contributed by atoms with E-state index in [9.17, 15) is 19.5 Å². The predicted molar refractivity (Wildman–Crippen MR) is 118 cm³/mol. The Bertz CT molecular complexity index is 911. The van der Waals surface area contributed by atoms with E-state index in [4.69, 9.17) is 14.3 Å². The monoisotopic (exact) mass is 456 g/mol. The number of carboxylic acids is 1. The molecule has 2 amide bonds. The van der Waals surface area contributed by atoms with E-state index in [1.165, 1.54) is 0 Å². The van der Waals surface area contributed by atoms with Gasteiger partial charge in [-0.25, -0.2) is 9.59 Å². The van der Waals surface area contributed by atoms with Crippen LogP contribution in [-0.2, 0) is 36.9 Å². The van der Waals surface area contributed by atoms with Gasteiger partial charge in [0.1, 0.15) is 18.7 Å². The van der Waals surface area contributed by atoms with E-state index in [1.54, 1.807) is 12.1 Å². The van der Waals surface area contributed by atoms with Crippen LogP contribution in [0.5, 0.6) is 0 Å². The lowest BCUT2D eigenvalue weighted by atomic mass is 10.0. The van der Waals surface area contributed by atoms with Gasteiger partial charge in [-0.3, -0.25) is 4.79 Å². The maximum Gasteiger partial charge on any atom is 0.408 e. The van der Waals surface area contributed by atoms with Crippen molar-refractivity contribution in [3.8, 4) is 0 Å². The molecule has 2 rings (SSSR count). The fourth-order valence-corrected chi connectivity index (χ4v) is 2.93. The first-order valence-corrected chi connectivity index (χ1v) is 10.3. The van der Waals surface area contributed by atoms with Crippen molar-refractivity contribution in [1.82, 2.24) is 10.6 Å². The second-order valence-corrected chi connectivity index (χ2v) is 7.56. The van der Waals surface area contributed by atoms with Crippen LogP contribution in [0.2, 0.25) is 0 Å². The van der Waals surface area contributed by atoms with Crippen molar-refractivity contribution in [3.05, 3.63) is 71.8 Å². The number of carboxylic acid groups (broad SMARTS) is 1. The predicted octanol–water partition coefficient (Wildman–Crippen LogP) is 2.56. The van der Waals surface area contributed by atoms with E-state index in [-0.39, 0.29) is 25.1 Å². The van der Waals surface area contributed by atoms with E-state index in [2.05, 4.69) is 10.6 Å². The van der Waals surface area contributed by atoms with Crippen LogP contribution in [-0.4, -0.2) is 41.3 Å². The number of benzene rings is 2. The van der Waals surface area contributed by atoms with Crippen molar-refractivity contribution in [2.45, 2.75) is 45.4 Å². The van der Waals surface area contributed by atoms with E-state index < -0.39 is 30.1 Å². The molecule has 33 heavy (non-hydrogen) atoms. The number of hydrogen-bond acceptors (Lipinski definition) is 6. The number of hydrogen-bond donors (Lipinski definition) is 3. The average Bonchev–Trinajstić information content (AvgIpc) is 2.78. The summed E-state index contributed by atoms with van der Waals surface area (Å²) in [5, 5.41) is 14.6. The number of amides is 2. The normalized spacial score (nSPS) is 11.7. The summed E-state index contributed by atoms with van der Waals surface area (Å²) in [6, 6.07) is 16.2. The molecular weight excluding hydrogens is 428 g/mol. The van der Waals surface area contributed by atoms with E-state index in [0.29, 0.717) is 6.42 Å². The maximum absolute atomic E-state index is 12.7. The highest BCUT2D eigenvalue weighted by atomic mass is 16.5. The average molecular weight is 456 g/mol. The van der Waals surface area contributed by atoms with E-state index in [0.717, 1.165) is 11.1 Å². The summed E-state index contributed by atoms with van der Waals surface area (Å²) >= 11 is 0. The summed E-state index contributed by atoms with van der Waals surface area (Å²) in [4.78, 5) is 52.8. The first-order valence-electron chi connectivity index (χ1n) is 10.3. The molecule has 0 aromatic heterocycles. The number of rotatable bonds is 10. The van der Waals surface area contributed by atoms with Crippen LogP contribution in [0.25, 0.3) is 0 Å². The zero-order valence-corrected chi connectivity index (χ0v) is 18.5. The Hall–Kier alpha value is -3.97. The minimum Gasteiger partial charge on any atom is -0.480 e. The van der Waals surface area contributed by atoms with Crippen molar-refractivity contribution >= 4 is 24.1 Å². The second kappa shape index (κ2) is 14.9. The number of aliphatic carboxylic acids is 1. The van der Waals surface area contributed by atoms with Crippen molar-refractivity contribution in [2.24, 2.45) is 5.92 Å². The Labute approximate surface area is 192 Å². The molecule has 176 valence electrons. The zero-order valence-electron chi connectivity index (χ0n) is 18.5. The van der Waals surface area contributed by atoms with Gasteiger partial charge in [-0.1, -0.05) is 74.5 Å². The number of carbonyl (C=O) groups excluding carboxylic acids is 4. The van der Waals surface area contributed by atoms with Crippen LogP contribution in [0.1, 0.15) is 31.4 Å².